The molecule has 6 atom stereocenters. The quantitative estimate of drug-likeness (QED) is 0.0990. The molecule has 2 nitrogen and oxygen atoms in total. The van der Waals surface area contributed by atoms with Crippen LogP contribution in [-0.2, 0) is 9.47 Å². The summed E-state index contributed by atoms with van der Waals surface area (Å²) in [5, 5.41) is 0. The zero-order valence-corrected chi connectivity index (χ0v) is 22.4. The monoisotopic (exact) mass is 476 g/mol. The van der Waals surface area contributed by atoms with Gasteiger partial charge in [-0.15, -0.1) is 0 Å². The summed E-state index contributed by atoms with van der Waals surface area (Å²) in [6, 6.07) is 0. The molecule has 0 aliphatic rings. The lowest BCUT2D eigenvalue weighted by molar-refractivity contribution is -0.0561. The van der Waals surface area contributed by atoms with Crippen molar-refractivity contribution in [1.82, 2.24) is 0 Å². The van der Waals surface area contributed by atoms with Crippen LogP contribution in [0.2, 0.25) is 0 Å². The maximum absolute atomic E-state index is 5.61. The van der Waals surface area contributed by atoms with Crippen LogP contribution in [0.3, 0.4) is 0 Å². The van der Waals surface area contributed by atoms with E-state index in [-0.39, 0.29) is 0 Å². The molecule has 3 heteroatoms. The highest BCUT2D eigenvalue weighted by Gasteiger charge is 2.17. The fraction of sp³-hybridized carbons (Fsp3) is 1.00. The zero-order chi connectivity index (χ0) is 22.1. The summed E-state index contributed by atoms with van der Waals surface area (Å²) in [5.74, 6) is 4.14. The van der Waals surface area contributed by atoms with Crippen molar-refractivity contribution in [1.29, 1.82) is 0 Å². The van der Waals surface area contributed by atoms with Crippen LogP contribution in [-0.4, -0.2) is 24.8 Å². The normalized spacial score (nSPS) is 18.2. The van der Waals surface area contributed by atoms with Crippen molar-refractivity contribution in [3.63, 3.8) is 0 Å². The molecule has 0 aliphatic heterocycles. The third-order valence-corrected chi connectivity index (χ3v) is 6.36. The Morgan fingerprint density at radius 2 is 1.03 bits per heavy atom. The zero-order valence-electron chi connectivity index (χ0n) is 20.9. The number of hydrogen-bond acceptors (Lipinski definition) is 2. The first-order valence-corrected chi connectivity index (χ1v) is 13.5. The van der Waals surface area contributed by atoms with Crippen molar-refractivity contribution in [2.75, 3.05) is 20.0 Å². The predicted molar refractivity (Wildman–Crippen MR) is 133 cm³/mol. The number of hydrogen-bond donors (Lipinski definition) is 0. The van der Waals surface area contributed by atoms with Crippen LogP contribution in [0.25, 0.3) is 0 Å². The highest BCUT2D eigenvalue weighted by molar-refractivity contribution is 9.09. The largest absolute Gasteiger partial charge is 0.355 e. The van der Waals surface area contributed by atoms with E-state index in [1.54, 1.807) is 0 Å². The van der Waals surface area contributed by atoms with Crippen LogP contribution in [0.4, 0.5) is 0 Å². The number of halogens is 1. The third kappa shape index (κ3) is 20.1. The van der Waals surface area contributed by atoms with Gasteiger partial charge in [-0.1, -0.05) is 77.2 Å². The molecule has 0 radical (unpaired) electrons. The van der Waals surface area contributed by atoms with Crippen LogP contribution >= 0.6 is 15.9 Å². The first-order valence-electron chi connectivity index (χ1n) is 12.5. The maximum Gasteiger partial charge on any atom is 0.146 e. The van der Waals surface area contributed by atoms with Gasteiger partial charge in [-0.05, 0) is 81.0 Å². The van der Waals surface area contributed by atoms with Gasteiger partial charge in [-0.25, -0.2) is 0 Å². The van der Waals surface area contributed by atoms with Crippen LogP contribution in [0, 0.1) is 29.6 Å². The van der Waals surface area contributed by atoms with Crippen molar-refractivity contribution in [2.45, 2.75) is 118 Å². The van der Waals surface area contributed by atoms with E-state index in [0.29, 0.717) is 11.6 Å². The smallest absolute Gasteiger partial charge is 0.146 e. The van der Waals surface area contributed by atoms with Crippen LogP contribution in [0.5, 0.6) is 0 Å². The molecular formula is C26H53BrO2. The molecule has 6 unspecified atom stereocenters. The van der Waals surface area contributed by atoms with Crippen molar-refractivity contribution in [3.8, 4) is 0 Å². The molecule has 0 N–H and O–H groups in total. The standard InChI is InChI=1S/C26H53BrO2/c1-8-9-10-13-28-20-29-14-11-12-21(2)15-22(3)16-23(4)17-24(5)18-25(6)19-26(7)27/h21-26H,8-20H2,1-7H3. The highest BCUT2D eigenvalue weighted by Crippen LogP contribution is 2.29. The molecule has 0 aliphatic carbocycles. The van der Waals surface area contributed by atoms with Crippen molar-refractivity contribution in [3.05, 3.63) is 0 Å². The van der Waals surface area contributed by atoms with E-state index >= 15 is 0 Å². The van der Waals surface area contributed by atoms with Crippen molar-refractivity contribution < 1.29 is 9.47 Å². The first kappa shape index (κ1) is 29.4. The minimum atomic E-state index is 0.470. The number of unbranched alkanes of at least 4 members (excludes halogenated alkanes) is 2. The van der Waals surface area contributed by atoms with Gasteiger partial charge in [0.15, 0.2) is 0 Å². The second-order valence-corrected chi connectivity index (χ2v) is 11.8. The van der Waals surface area contributed by atoms with E-state index < -0.39 is 0 Å². The Kier molecular flexibility index (Phi) is 19.4. The average Bonchev–Trinajstić information content (AvgIpc) is 2.58. The van der Waals surface area contributed by atoms with Crippen molar-refractivity contribution in [2.24, 2.45) is 29.6 Å². The summed E-state index contributed by atoms with van der Waals surface area (Å²) in [6.07, 6.45) is 12.8. The number of ether oxygens (including phenoxy) is 2. The molecule has 0 aromatic heterocycles. The van der Waals surface area contributed by atoms with E-state index in [1.165, 1.54) is 51.4 Å². The summed E-state index contributed by atoms with van der Waals surface area (Å²) in [7, 11) is 0. The Bertz CT molecular complexity index is 348. The summed E-state index contributed by atoms with van der Waals surface area (Å²) < 4.78 is 11.1. The molecule has 0 rings (SSSR count). The first-order chi connectivity index (χ1) is 13.7. The minimum Gasteiger partial charge on any atom is -0.355 e. The summed E-state index contributed by atoms with van der Waals surface area (Å²) in [6.45, 7) is 18.8. The van der Waals surface area contributed by atoms with Gasteiger partial charge in [0.1, 0.15) is 6.79 Å². The molecule has 29 heavy (non-hydrogen) atoms. The second kappa shape index (κ2) is 19.1. The van der Waals surface area contributed by atoms with E-state index in [9.17, 15) is 0 Å². The Morgan fingerprint density at radius 1 is 0.586 bits per heavy atom. The Morgan fingerprint density at radius 3 is 1.52 bits per heavy atom. The van der Waals surface area contributed by atoms with Crippen LogP contribution in [0.1, 0.15) is 113 Å². The lowest BCUT2D eigenvalue weighted by Crippen LogP contribution is -2.13. The summed E-state index contributed by atoms with van der Waals surface area (Å²) in [5.41, 5.74) is 0. The van der Waals surface area contributed by atoms with Crippen LogP contribution in [0.15, 0.2) is 0 Å². The molecule has 0 bridgehead atoms. The van der Waals surface area contributed by atoms with E-state index in [0.717, 1.165) is 55.6 Å². The highest BCUT2D eigenvalue weighted by atomic mass is 79.9. The molecule has 0 aromatic carbocycles. The van der Waals surface area contributed by atoms with Crippen LogP contribution < -0.4 is 0 Å². The maximum atomic E-state index is 5.61. The molecule has 0 amide bonds. The van der Waals surface area contributed by atoms with E-state index in [2.05, 4.69) is 64.4 Å². The molecule has 0 saturated carbocycles. The number of rotatable bonds is 20. The molecule has 0 fully saturated rings. The Balaban J connectivity index is 3.74. The molecular weight excluding hydrogens is 424 g/mol. The van der Waals surface area contributed by atoms with Crippen molar-refractivity contribution >= 4 is 15.9 Å². The fourth-order valence-electron chi connectivity index (χ4n) is 4.97. The average molecular weight is 478 g/mol. The van der Waals surface area contributed by atoms with Gasteiger partial charge in [0.25, 0.3) is 0 Å². The second-order valence-electron chi connectivity index (χ2n) is 10.3. The van der Waals surface area contributed by atoms with Gasteiger partial charge >= 0.3 is 0 Å². The van der Waals surface area contributed by atoms with Gasteiger partial charge in [0, 0.05) is 18.0 Å². The molecule has 0 heterocycles. The van der Waals surface area contributed by atoms with Gasteiger partial charge in [0.05, 0.1) is 0 Å². The summed E-state index contributed by atoms with van der Waals surface area (Å²) >= 11 is 3.70. The third-order valence-electron chi connectivity index (χ3n) is 5.99. The molecule has 0 aromatic rings. The summed E-state index contributed by atoms with van der Waals surface area (Å²) in [4.78, 5) is 0.646. The van der Waals surface area contributed by atoms with Gasteiger partial charge < -0.3 is 9.47 Å². The van der Waals surface area contributed by atoms with E-state index in [4.69, 9.17) is 9.47 Å². The Hall–Kier alpha value is 0.400. The van der Waals surface area contributed by atoms with Gasteiger partial charge in [-0.3, -0.25) is 0 Å². The number of alkyl halides is 1. The van der Waals surface area contributed by atoms with Gasteiger partial charge in [-0.2, -0.15) is 0 Å². The molecule has 0 saturated heterocycles. The fourth-order valence-corrected chi connectivity index (χ4v) is 5.61. The molecule has 0 spiro atoms. The topological polar surface area (TPSA) is 18.5 Å². The molecule has 176 valence electrons. The minimum absolute atomic E-state index is 0.470. The lowest BCUT2D eigenvalue weighted by Gasteiger charge is -2.24. The van der Waals surface area contributed by atoms with E-state index in [1.807, 2.05) is 0 Å². The Labute approximate surface area is 192 Å². The predicted octanol–water partition coefficient (Wildman–Crippen LogP) is 8.86. The van der Waals surface area contributed by atoms with Gasteiger partial charge in [0.2, 0.25) is 0 Å². The SMILES string of the molecule is CCCCCOCOCCCC(C)CC(C)CC(C)CC(C)CC(C)CC(C)Br. The lowest BCUT2D eigenvalue weighted by atomic mass is 9.82.